The molecule has 1 saturated carbocycles. The van der Waals surface area contributed by atoms with Gasteiger partial charge in [0.1, 0.15) is 5.82 Å². The van der Waals surface area contributed by atoms with Crippen molar-refractivity contribution in [3.63, 3.8) is 0 Å². The van der Waals surface area contributed by atoms with Gasteiger partial charge in [-0.15, -0.1) is 5.10 Å². The van der Waals surface area contributed by atoms with Gasteiger partial charge in [-0.2, -0.15) is 0 Å². The van der Waals surface area contributed by atoms with Crippen LogP contribution in [0, 0.1) is 5.82 Å². The van der Waals surface area contributed by atoms with E-state index < -0.39 is 11.7 Å². The molecule has 1 aliphatic rings. The van der Waals surface area contributed by atoms with Gasteiger partial charge in [-0.1, -0.05) is 30.5 Å². The number of carbonyl (C=O) groups excluding carboxylic acids is 1. The highest BCUT2D eigenvalue weighted by Gasteiger charge is 2.22. The first-order valence-electron chi connectivity index (χ1n) is 7.16. The lowest BCUT2D eigenvalue weighted by Gasteiger charge is -2.12. The number of nitrogens with one attached hydrogen (secondary N) is 1. The quantitative estimate of drug-likeness (QED) is 0.938. The third-order valence-electron chi connectivity index (χ3n) is 3.83. The summed E-state index contributed by atoms with van der Waals surface area (Å²) in [5.41, 5.74) is -0.163. The van der Waals surface area contributed by atoms with Crippen LogP contribution in [0.1, 0.15) is 47.9 Å². The van der Waals surface area contributed by atoms with Crippen LogP contribution in [0.4, 0.5) is 4.39 Å². The number of nitrogens with zero attached hydrogens (tertiary/aromatic N) is 4. The summed E-state index contributed by atoms with van der Waals surface area (Å²) in [6.07, 6.45) is 4.37. The zero-order chi connectivity index (χ0) is 15.5. The molecule has 22 heavy (non-hydrogen) atoms. The van der Waals surface area contributed by atoms with Crippen molar-refractivity contribution in [2.24, 2.45) is 0 Å². The van der Waals surface area contributed by atoms with Crippen LogP contribution in [0.5, 0.6) is 0 Å². The van der Waals surface area contributed by atoms with Gasteiger partial charge in [-0.25, -0.2) is 9.07 Å². The third kappa shape index (κ3) is 2.94. The predicted molar refractivity (Wildman–Crippen MR) is 77.9 cm³/mol. The average Bonchev–Trinajstić information content (AvgIpc) is 3.15. The van der Waals surface area contributed by atoms with Gasteiger partial charge in [0, 0.05) is 0 Å². The molecule has 1 aliphatic carbocycles. The lowest BCUT2D eigenvalue weighted by atomic mass is 10.2. The van der Waals surface area contributed by atoms with E-state index in [1.165, 1.54) is 18.2 Å². The minimum Gasteiger partial charge on any atom is -0.345 e. The number of rotatable bonds is 4. The lowest BCUT2D eigenvalue weighted by molar-refractivity contribution is 0.0945. The Morgan fingerprint density at radius 2 is 2.18 bits per heavy atom. The Balaban J connectivity index is 1.70. The highest BCUT2D eigenvalue weighted by molar-refractivity contribution is 6.33. The normalized spacial score (nSPS) is 15.2. The van der Waals surface area contributed by atoms with Crippen molar-refractivity contribution in [2.45, 2.75) is 38.3 Å². The van der Waals surface area contributed by atoms with E-state index in [0.717, 1.165) is 25.7 Å². The molecular weight excluding hydrogens is 309 g/mol. The van der Waals surface area contributed by atoms with E-state index in [1.54, 1.807) is 4.68 Å². The van der Waals surface area contributed by atoms with Gasteiger partial charge >= 0.3 is 0 Å². The maximum absolute atomic E-state index is 13.7. The van der Waals surface area contributed by atoms with Gasteiger partial charge in [0.2, 0.25) is 0 Å². The summed E-state index contributed by atoms with van der Waals surface area (Å²) >= 11 is 5.87. The Hall–Kier alpha value is -2.02. The van der Waals surface area contributed by atoms with Gasteiger partial charge < -0.3 is 5.32 Å². The lowest BCUT2D eigenvalue weighted by Crippen LogP contribution is -2.26. The van der Waals surface area contributed by atoms with Crippen molar-refractivity contribution in [1.29, 1.82) is 0 Å². The van der Waals surface area contributed by atoms with E-state index in [1.807, 2.05) is 0 Å². The molecule has 1 aromatic heterocycles. The molecule has 1 heterocycles. The van der Waals surface area contributed by atoms with E-state index in [4.69, 9.17) is 11.6 Å². The van der Waals surface area contributed by atoms with Gasteiger partial charge in [0.25, 0.3) is 5.91 Å². The highest BCUT2D eigenvalue weighted by atomic mass is 35.5. The number of hydrogen-bond acceptors (Lipinski definition) is 4. The van der Waals surface area contributed by atoms with Crippen LogP contribution < -0.4 is 5.32 Å². The van der Waals surface area contributed by atoms with Crippen LogP contribution >= 0.6 is 11.6 Å². The molecule has 1 amide bonds. The Morgan fingerprint density at radius 1 is 1.41 bits per heavy atom. The van der Waals surface area contributed by atoms with E-state index in [0.29, 0.717) is 5.82 Å². The van der Waals surface area contributed by atoms with Crippen molar-refractivity contribution < 1.29 is 9.18 Å². The summed E-state index contributed by atoms with van der Waals surface area (Å²) in [7, 11) is 0. The molecule has 1 fully saturated rings. The summed E-state index contributed by atoms with van der Waals surface area (Å²) in [6, 6.07) is 4.40. The van der Waals surface area contributed by atoms with Crippen molar-refractivity contribution in [1.82, 2.24) is 25.5 Å². The van der Waals surface area contributed by atoms with Gasteiger partial charge in [0.05, 0.1) is 23.2 Å². The van der Waals surface area contributed by atoms with Gasteiger partial charge in [-0.05, 0) is 35.4 Å². The molecule has 0 saturated heterocycles. The first kappa shape index (κ1) is 14.9. The molecule has 0 aliphatic heterocycles. The van der Waals surface area contributed by atoms with E-state index in [2.05, 4.69) is 20.8 Å². The maximum Gasteiger partial charge on any atom is 0.256 e. The number of carbonyl (C=O) groups is 1. The van der Waals surface area contributed by atoms with Crippen LogP contribution in [0.2, 0.25) is 5.02 Å². The van der Waals surface area contributed by atoms with Crippen LogP contribution in [-0.2, 0) is 6.54 Å². The fourth-order valence-electron chi connectivity index (χ4n) is 2.72. The number of tetrazole rings is 1. The molecule has 3 rings (SSSR count). The maximum atomic E-state index is 13.7. The summed E-state index contributed by atoms with van der Waals surface area (Å²) in [5.74, 6) is -0.669. The smallest absolute Gasteiger partial charge is 0.256 e. The highest BCUT2D eigenvalue weighted by Crippen LogP contribution is 2.29. The largest absolute Gasteiger partial charge is 0.345 e. The molecule has 1 aromatic carbocycles. The van der Waals surface area contributed by atoms with E-state index in [-0.39, 0.29) is 23.2 Å². The molecule has 8 heteroatoms. The molecule has 0 bridgehead atoms. The number of amides is 1. The fourth-order valence-corrected chi connectivity index (χ4v) is 2.97. The Morgan fingerprint density at radius 3 is 2.91 bits per heavy atom. The standard InChI is InChI=1S/C14H15ClFN5O/c15-10-6-3-7-11(16)13(10)14(22)17-8-12-18-19-20-21(12)9-4-1-2-5-9/h3,6-7,9H,1-2,4-5,8H2,(H,17,22). The third-order valence-corrected chi connectivity index (χ3v) is 4.14. The molecule has 1 N–H and O–H groups in total. The van der Waals surface area contributed by atoms with Crippen LogP contribution in [-0.4, -0.2) is 26.1 Å². The Bertz CT molecular complexity index is 663. The van der Waals surface area contributed by atoms with Crippen LogP contribution in [0.15, 0.2) is 18.2 Å². The molecule has 2 aromatic rings. The Labute approximate surface area is 131 Å². The SMILES string of the molecule is O=C(NCc1nnnn1C1CCCC1)c1c(F)cccc1Cl. The fraction of sp³-hybridized carbons (Fsp3) is 0.429. The monoisotopic (exact) mass is 323 g/mol. The first-order valence-corrected chi connectivity index (χ1v) is 7.53. The van der Waals surface area contributed by atoms with Crippen LogP contribution in [0.25, 0.3) is 0 Å². The number of aromatic nitrogens is 4. The zero-order valence-corrected chi connectivity index (χ0v) is 12.6. The molecular formula is C14H15ClFN5O. The molecule has 0 atom stereocenters. The zero-order valence-electron chi connectivity index (χ0n) is 11.8. The summed E-state index contributed by atoms with van der Waals surface area (Å²) in [4.78, 5) is 12.1. The van der Waals surface area contributed by atoms with Crippen molar-refractivity contribution >= 4 is 17.5 Å². The molecule has 0 radical (unpaired) electrons. The summed E-state index contributed by atoms with van der Waals surface area (Å²) in [6.45, 7) is 0.132. The van der Waals surface area contributed by atoms with Crippen LogP contribution in [0.3, 0.4) is 0 Å². The Kier molecular flexibility index (Phi) is 4.33. The number of hydrogen-bond donors (Lipinski definition) is 1. The second-order valence-corrected chi connectivity index (χ2v) is 5.66. The van der Waals surface area contributed by atoms with E-state index >= 15 is 0 Å². The average molecular weight is 324 g/mol. The second kappa shape index (κ2) is 6.39. The summed E-state index contributed by atoms with van der Waals surface area (Å²) in [5, 5.41) is 14.3. The number of benzene rings is 1. The van der Waals surface area contributed by atoms with Crippen molar-refractivity contribution in [3.8, 4) is 0 Å². The molecule has 6 nitrogen and oxygen atoms in total. The van der Waals surface area contributed by atoms with Crippen molar-refractivity contribution in [2.75, 3.05) is 0 Å². The van der Waals surface area contributed by atoms with Crippen molar-refractivity contribution in [3.05, 3.63) is 40.4 Å². The van der Waals surface area contributed by atoms with E-state index in [9.17, 15) is 9.18 Å². The second-order valence-electron chi connectivity index (χ2n) is 5.26. The molecule has 0 spiro atoms. The van der Waals surface area contributed by atoms with Gasteiger partial charge in [0.15, 0.2) is 5.82 Å². The predicted octanol–water partition coefficient (Wildman–Crippen LogP) is 2.51. The molecule has 116 valence electrons. The first-order chi connectivity index (χ1) is 10.7. The summed E-state index contributed by atoms with van der Waals surface area (Å²) < 4.78 is 15.4. The minimum atomic E-state index is -0.652. The number of halogens is 2. The minimum absolute atomic E-state index is 0.0767. The topological polar surface area (TPSA) is 72.7 Å². The van der Waals surface area contributed by atoms with Gasteiger partial charge in [-0.3, -0.25) is 4.79 Å². The molecule has 0 unspecified atom stereocenters.